The van der Waals surface area contributed by atoms with Gasteiger partial charge < -0.3 is 19.4 Å². The number of aromatic carboxylic acids is 1. The summed E-state index contributed by atoms with van der Waals surface area (Å²) in [5, 5.41) is 19.9. The summed E-state index contributed by atoms with van der Waals surface area (Å²) in [4.78, 5) is 10.8. The molecular weight excluding hydrogens is 248 g/mol. The number of aryl methyl sites for hydroxylation is 2. The average molecular weight is 264 g/mol. The van der Waals surface area contributed by atoms with Gasteiger partial charge in [-0.25, -0.2) is 4.79 Å². The van der Waals surface area contributed by atoms with Crippen LogP contribution >= 0.6 is 0 Å². The van der Waals surface area contributed by atoms with E-state index in [0.717, 1.165) is 17.9 Å². The van der Waals surface area contributed by atoms with Gasteiger partial charge in [0.15, 0.2) is 0 Å². The molecule has 0 atom stereocenters. The first kappa shape index (κ1) is 13.3. The molecule has 19 heavy (non-hydrogen) atoms. The molecule has 0 aliphatic heterocycles. The SMILES string of the molecule is CCn1cnnc1CNCc1cc(C(=O)O)oc1C. The number of carbonyl (C=O) groups is 1. The second-order valence-corrected chi connectivity index (χ2v) is 4.13. The van der Waals surface area contributed by atoms with Crippen molar-refractivity contribution in [3.05, 3.63) is 35.3 Å². The molecule has 2 heterocycles. The van der Waals surface area contributed by atoms with Gasteiger partial charge in [-0.15, -0.1) is 10.2 Å². The van der Waals surface area contributed by atoms with Crippen LogP contribution in [0.25, 0.3) is 0 Å². The van der Waals surface area contributed by atoms with Crippen LogP contribution in [0.15, 0.2) is 16.8 Å². The maximum Gasteiger partial charge on any atom is 0.371 e. The highest BCUT2D eigenvalue weighted by molar-refractivity contribution is 5.84. The molecule has 0 unspecified atom stereocenters. The molecule has 2 N–H and O–H groups in total. The Morgan fingerprint density at radius 2 is 2.32 bits per heavy atom. The molecule has 2 aromatic heterocycles. The molecule has 0 aliphatic rings. The Morgan fingerprint density at radius 3 is 2.95 bits per heavy atom. The lowest BCUT2D eigenvalue weighted by Crippen LogP contribution is -2.16. The van der Waals surface area contributed by atoms with Crippen molar-refractivity contribution in [1.29, 1.82) is 0 Å². The molecule has 2 aromatic rings. The third kappa shape index (κ3) is 3.00. The Kier molecular flexibility index (Phi) is 3.96. The first-order chi connectivity index (χ1) is 9.11. The van der Waals surface area contributed by atoms with Gasteiger partial charge in [0.05, 0.1) is 6.54 Å². The molecule has 2 rings (SSSR count). The van der Waals surface area contributed by atoms with E-state index in [2.05, 4.69) is 15.5 Å². The second-order valence-electron chi connectivity index (χ2n) is 4.13. The van der Waals surface area contributed by atoms with E-state index in [0.29, 0.717) is 18.8 Å². The van der Waals surface area contributed by atoms with Crippen molar-refractivity contribution in [3.8, 4) is 0 Å². The lowest BCUT2D eigenvalue weighted by Gasteiger charge is -2.04. The Hall–Kier alpha value is -2.15. The van der Waals surface area contributed by atoms with E-state index in [1.54, 1.807) is 13.3 Å². The molecular formula is C12H16N4O3. The van der Waals surface area contributed by atoms with E-state index >= 15 is 0 Å². The highest BCUT2D eigenvalue weighted by atomic mass is 16.4. The number of nitrogens with zero attached hydrogens (tertiary/aromatic N) is 3. The van der Waals surface area contributed by atoms with Gasteiger partial charge in [-0.1, -0.05) is 0 Å². The minimum absolute atomic E-state index is 0.0361. The highest BCUT2D eigenvalue weighted by Gasteiger charge is 2.12. The van der Waals surface area contributed by atoms with Gasteiger partial charge in [0.2, 0.25) is 5.76 Å². The number of carboxylic acid groups (broad SMARTS) is 1. The highest BCUT2D eigenvalue weighted by Crippen LogP contribution is 2.14. The van der Waals surface area contributed by atoms with Gasteiger partial charge in [-0.3, -0.25) is 0 Å². The third-order valence-electron chi connectivity index (χ3n) is 2.87. The Bertz CT molecular complexity index is 573. The summed E-state index contributed by atoms with van der Waals surface area (Å²) in [6.45, 7) is 5.68. The van der Waals surface area contributed by atoms with Crippen LogP contribution in [-0.4, -0.2) is 25.8 Å². The molecule has 0 radical (unpaired) electrons. The van der Waals surface area contributed by atoms with Crippen molar-refractivity contribution in [2.24, 2.45) is 0 Å². The van der Waals surface area contributed by atoms with Crippen molar-refractivity contribution in [1.82, 2.24) is 20.1 Å². The van der Waals surface area contributed by atoms with Crippen molar-refractivity contribution >= 4 is 5.97 Å². The lowest BCUT2D eigenvalue weighted by molar-refractivity contribution is 0.0661. The summed E-state index contributed by atoms with van der Waals surface area (Å²) in [7, 11) is 0. The van der Waals surface area contributed by atoms with Crippen LogP contribution < -0.4 is 5.32 Å². The zero-order valence-corrected chi connectivity index (χ0v) is 10.9. The Labute approximate surface area is 110 Å². The lowest BCUT2D eigenvalue weighted by atomic mass is 10.2. The maximum absolute atomic E-state index is 10.8. The van der Waals surface area contributed by atoms with E-state index in [1.165, 1.54) is 6.07 Å². The normalized spacial score (nSPS) is 10.8. The van der Waals surface area contributed by atoms with Crippen molar-refractivity contribution in [2.45, 2.75) is 33.5 Å². The molecule has 0 spiro atoms. The van der Waals surface area contributed by atoms with E-state index in [4.69, 9.17) is 9.52 Å². The molecule has 7 heteroatoms. The van der Waals surface area contributed by atoms with Gasteiger partial charge >= 0.3 is 5.97 Å². The van der Waals surface area contributed by atoms with E-state index < -0.39 is 5.97 Å². The second kappa shape index (κ2) is 5.66. The number of nitrogens with one attached hydrogen (secondary N) is 1. The first-order valence-corrected chi connectivity index (χ1v) is 6.01. The summed E-state index contributed by atoms with van der Waals surface area (Å²) < 4.78 is 7.08. The molecule has 0 saturated carbocycles. The van der Waals surface area contributed by atoms with Gasteiger partial charge in [0.25, 0.3) is 0 Å². The predicted octanol–water partition coefficient (Wildman–Crippen LogP) is 1.19. The summed E-state index contributed by atoms with van der Waals surface area (Å²) in [5.41, 5.74) is 0.833. The fraction of sp³-hybridized carbons (Fsp3) is 0.417. The van der Waals surface area contributed by atoms with Crippen molar-refractivity contribution in [3.63, 3.8) is 0 Å². The van der Waals surface area contributed by atoms with Crippen LogP contribution in [0.5, 0.6) is 0 Å². The van der Waals surface area contributed by atoms with Crippen LogP contribution in [0.4, 0.5) is 0 Å². The number of carboxylic acids is 1. The number of hydrogen-bond acceptors (Lipinski definition) is 5. The van der Waals surface area contributed by atoms with Crippen LogP contribution in [0.2, 0.25) is 0 Å². The Balaban J connectivity index is 1.94. The maximum atomic E-state index is 10.8. The number of aromatic nitrogens is 3. The molecule has 0 saturated heterocycles. The van der Waals surface area contributed by atoms with Crippen molar-refractivity contribution in [2.75, 3.05) is 0 Å². The number of furan rings is 1. The van der Waals surface area contributed by atoms with Crippen molar-refractivity contribution < 1.29 is 14.3 Å². The molecule has 0 fully saturated rings. The fourth-order valence-electron chi connectivity index (χ4n) is 1.79. The minimum Gasteiger partial charge on any atom is -0.475 e. The largest absolute Gasteiger partial charge is 0.475 e. The minimum atomic E-state index is -1.06. The average Bonchev–Trinajstić information content (AvgIpc) is 2.96. The topological polar surface area (TPSA) is 93.2 Å². The third-order valence-corrected chi connectivity index (χ3v) is 2.87. The van der Waals surface area contributed by atoms with Crippen LogP contribution in [0, 0.1) is 6.92 Å². The standard InChI is InChI=1S/C12H16N4O3/c1-3-16-7-14-15-11(16)6-13-5-9-4-10(12(17)18)19-8(9)2/h4,7,13H,3,5-6H2,1-2H3,(H,17,18). The quantitative estimate of drug-likeness (QED) is 0.814. The summed E-state index contributed by atoms with van der Waals surface area (Å²) in [6, 6.07) is 1.54. The molecule has 0 bridgehead atoms. The van der Waals surface area contributed by atoms with E-state index in [1.807, 2.05) is 11.5 Å². The monoisotopic (exact) mass is 264 g/mol. The summed E-state index contributed by atoms with van der Waals surface area (Å²) >= 11 is 0. The first-order valence-electron chi connectivity index (χ1n) is 6.01. The Morgan fingerprint density at radius 1 is 1.53 bits per heavy atom. The molecule has 0 aromatic carbocycles. The van der Waals surface area contributed by atoms with E-state index in [9.17, 15) is 4.79 Å². The molecule has 7 nitrogen and oxygen atoms in total. The zero-order valence-electron chi connectivity index (χ0n) is 10.9. The molecule has 102 valence electrons. The van der Waals surface area contributed by atoms with Crippen LogP contribution in [-0.2, 0) is 19.6 Å². The van der Waals surface area contributed by atoms with Crippen LogP contribution in [0.3, 0.4) is 0 Å². The smallest absolute Gasteiger partial charge is 0.371 e. The molecule has 0 amide bonds. The van der Waals surface area contributed by atoms with E-state index in [-0.39, 0.29) is 5.76 Å². The fourth-order valence-corrected chi connectivity index (χ4v) is 1.79. The number of rotatable bonds is 6. The van der Waals surface area contributed by atoms with Gasteiger partial charge in [-0.2, -0.15) is 0 Å². The van der Waals surface area contributed by atoms with Crippen LogP contribution in [0.1, 0.15) is 34.6 Å². The predicted molar refractivity (Wildman–Crippen MR) is 66.6 cm³/mol. The zero-order chi connectivity index (χ0) is 13.8. The summed E-state index contributed by atoms with van der Waals surface area (Å²) in [5.74, 6) is 0.370. The molecule has 0 aliphatic carbocycles. The van der Waals surface area contributed by atoms with Gasteiger partial charge in [0, 0.05) is 18.7 Å². The van der Waals surface area contributed by atoms with Gasteiger partial charge in [0.1, 0.15) is 17.9 Å². The summed E-state index contributed by atoms with van der Waals surface area (Å²) in [6.07, 6.45) is 1.68. The number of hydrogen-bond donors (Lipinski definition) is 2. The van der Waals surface area contributed by atoms with Gasteiger partial charge in [-0.05, 0) is 19.9 Å².